The summed E-state index contributed by atoms with van der Waals surface area (Å²) in [7, 11) is 1.34. The molecule has 0 saturated carbocycles. The van der Waals surface area contributed by atoms with Crippen molar-refractivity contribution in [1.82, 2.24) is 10.3 Å². The van der Waals surface area contributed by atoms with Gasteiger partial charge in [0, 0.05) is 24.7 Å². The number of esters is 1. The number of carbonyl (C=O) groups is 1. The van der Waals surface area contributed by atoms with Gasteiger partial charge in [0.1, 0.15) is 5.69 Å². The van der Waals surface area contributed by atoms with Crippen molar-refractivity contribution in [2.45, 2.75) is 25.1 Å². The lowest BCUT2D eigenvalue weighted by molar-refractivity contribution is 0.0593. The molecule has 22 heavy (non-hydrogen) atoms. The Morgan fingerprint density at radius 3 is 2.82 bits per heavy atom. The van der Waals surface area contributed by atoms with Crippen LogP contribution in [0.2, 0.25) is 0 Å². The van der Waals surface area contributed by atoms with Crippen molar-refractivity contribution < 1.29 is 14.6 Å². The fraction of sp³-hybridized carbons (Fsp3) is 0.294. The lowest BCUT2D eigenvalue weighted by Crippen LogP contribution is -2.40. The van der Waals surface area contributed by atoms with E-state index in [1.54, 1.807) is 6.07 Å². The van der Waals surface area contributed by atoms with Gasteiger partial charge in [-0.25, -0.2) is 9.78 Å². The van der Waals surface area contributed by atoms with E-state index in [9.17, 15) is 9.90 Å². The lowest BCUT2D eigenvalue weighted by atomic mass is 9.93. The minimum atomic E-state index is -0.613. The van der Waals surface area contributed by atoms with Gasteiger partial charge in [-0.15, -0.1) is 0 Å². The van der Waals surface area contributed by atoms with E-state index in [1.165, 1.54) is 7.11 Å². The number of fused-ring (bicyclic) bond motifs is 1. The minimum Gasteiger partial charge on any atom is -0.464 e. The van der Waals surface area contributed by atoms with Crippen LogP contribution in [0.3, 0.4) is 0 Å². The smallest absolute Gasteiger partial charge is 0.356 e. The highest BCUT2D eigenvalue weighted by molar-refractivity contribution is 5.87. The van der Waals surface area contributed by atoms with Crippen molar-refractivity contribution in [3.63, 3.8) is 0 Å². The number of hydrogen-bond donors (Lipinski definition) is 2. The van der Waals surface area contributed by atoms with Crippen LogP contribution < -0.4 is 5.32 Å². The molecule has 0 radical (unpaired) electrons. The van der Waals surface area contributed by atoms with E-state index < -0.39 is 12.1 Å². The summed E-state index contributed by atoms with van der Waals surface area (Å²) in [5.74, 6) is -0.443. The normalized spacial score (nSPS) is 18.4. The molecule has 0 saturated heterocycles. The van der Waals surface area contributed by atoms with Crippen LogP contribution in [-0.2, 0) is 17.7 Å². The zero-order valence-corrected chi connectivity index (χ0v) is 12.3. The zero-order valence-electron chi connectivity index (χ0n) is 12.3. The molecule has 114 valence electrons. The van der Waals surface area contributed by atoms with E-state index in [2.05, 4.69) is 10.3 Å². The third-order valence-corrected chi connectivity index (χ3v) is 3.95. The van der Waals surface area contributed by atoms with Crippen molar-refractivity contribution in [2.24, 2.45) is 0 Å². The monoisotopic (exact) mass is 298 g/mol. The first-order valence-corrected chi connectivity index (χ1v) is 7.22. The molecule has 2 aromatic rings. The molecule has 0 aliphatic carbocycles. The third kappa shape index (κ3) is 2.86. The molecule has 0 amide bonds. The third-order valence-electron chi connectivity index (χ3n) is 3.95. The molecular weight excluding hydrogens is 280 g/mol. The highest BCUT2D eigenvalue weighted by atomic mass is 16.5. The summed E-state index contributed by atoms with van der Waals surface area (Å²) in [6, 6.07) is 13.0. The van der Waals surface area contributed by atoms with Gasteiger partial charge in [0.05, 0.1) is 13.2 Å². The number of pyridine rings is 1. The number of hydrogen-bond acceptors (Lipinski definition) is 5. The maximum absolute atomic E-state index is 11.6. The fourth-order valence-corrected chi connectivity index (χ4v) is 2.71. The molecule has 2 N–H and O–H groups in total. The number of rotatable bonds is 3. The molecule has 5 nitrogen and oxygen atoms in total. The standard InChI is InChI=1S/C17H18N2O3/c1-22-17(21)13-8-7-12-10-18-15(9-14(12)19-13)16(20)11-5-3-2-4-6-11/h2-8,15-16,18,20H,9-10H2,1H3. The van der Waals surface area contributed by atoms with Gasteiger partial charge in [-0.3, -0.25) is 0 Å². The predicted molar refractivity (Wildman–Crippen MR) is 81.3 cm³/mol. The van der Waals surface area contributed by atoms with Crippen LogP contribution >= 0.6 is 0 Å². The second-order valence-corrected chi connectivity index (χ2v) is 5.34. The molecule has 0 bridgehead atoms. The van der Waals surface area contributed by atoms with Gasteiger partial charge in [-0.2, -0.15) is 0 Å². The number of nitrogens with zero attached hydrogens (tertiary/aromatic N) is 1. The largest absolute Gasteiger partial charge is 0.464 e. The molecule has 0 spiro atoms. The molecule has 0 fully saturated rings. The number of nitrogens with one attached hydrogen (secondary N) is 1. The molecule has 2 atom stereocenters. The molecule has 3 rings (SSSR count). The van der Waals surface area contributed by atoms with Crippen molar-refractivity contribution in [3.8, 4) is 0 Å². The van der Waals surface area contributed by atoms with Gasteiger partial charge >= 0.3 is 5.97 Å². The number of methoxy groups -OCH3 is 1. The molecule has 1 aromatic heterocycles. The SMILES string of the molecule is COC(=O)c1ccc2c(n1)CC(C(O)c1ccccc1)NC2. The molecule has 2 heterocycles. The van der Waals surface area contributed by atoms with Gasteiger partial charge in [0.15, 0.2) is 0 Å². The Morgan fingerprint density at radius 1 is 1.32 bits per heavy atom. The number of benzene rings is 1. The first kappa shape index (κ1) is 14.7. The quantitative estimate of drug-likeness (QED) is 0.843. The van der Waals surface area contributed by atoms with E-state index >= 15 is 0 Å². The summed E-state index contributed by atoms with van der Waals surface area (Å²) in [6.45, 7) is 0.623. The number of aromatic nitrogens is 1. The first-order valence-electron chi connectivity index (χ1n) is 7.22. The molecule has 1 aromatic carbocycles. The van der Waals surface area contributed by atoms with Crippen molar-refractivity contribution in [1.29, 1.82) is 0 Å². The van der Waals surface area contributed by atoms with Gasteiger partial charge in [0.25, 0.3) is 0 Å². The second kappa shape index (κ2) is 6.25. The number of ether oxygens (including phenoxy) is 1. The van der Waals surface area contributed by atoms with Crippen LogP contribution in [0.25, 0.3) is 0 Å². The van der Waals surface area contributed by atoms with E-state index in [1.807, 2.05) is 36.4 Å². The van der Waals surface area contributed by atoms with Crippen LogP contribution in [0, 0.1) is 0 Å². The average Bonchev–Trinajstić information content (AvgIpc) is 2.60. The Morgan fingerprint density at radius 2 is 2.09 bits per heavy atom. The van der Waals surface area contributed by atoms with Crippen LogP contribution in [0.5, 0.6) is 0 Å². The van der Waals surface area contributed by atoms with E-state index in [0.717, 1.165) is 16.8 Å². The Hall–Kier alpha value is -2.24. The maximum Gasteiger partial charge on any atom is 0.356 e. The van der Waals surface area contributed by atoms with Crippen molar-refractivity contribution in [2.75, 3.05) is 7.11 Å². The van der Waals surface area contributed by atoms with Crippen LogP contribution in [0.4, 0.5) is 0 Å². The molecule has 1 aliphatic rings. The van der Waals surface area contributed by atoms with E-state index in [4.69, 9.17) is 4.74 Å². The lowest BCUT2D eigenvalue weighted by Gasteiger charge is -2.29. The topological polar surface area (TPSA) is 71.5 Å². The van der Waals surface area contributed by atoms with Gasteiger partial charge in [0.2, 0.25) is 0 Å². The van der Waals surface area contributed by atoms with Crippen LogP contribution in [-0.4, -0.2) is 29.2 Å². The minimum absolute atomic E-state index is 0.129. The first-order chi connectivity index (χ1) is 10.7. The molecule has 1 aliphatic heterocycles. The summed E-state index contributed by atoms with van der Waals surface area (Å²) < 4.78 is 4.70. The zero-order chi connectivity index (χ0) is 15.5. The second-order valence-electron chi connectivity index (χ2n) is 5.34. The number of aliphatic hydroxyl groups is 1. The Balaban J connectivity index is 1.82. The highest BCUT2D eigenvalue weighted by Gasteiger charge is 2.27. The van der Waals surface area contributed by atoms with Crippen LogP contribution in [0.15, 0.2) is 42.5 Å². The fourth-order valence-electron chi connectivity index (χ4n) is 2.71. The van der Waals surface area contributed by atoms with Gasteiger partial charge in [-0.05, 0) is 17.2 Å². The Labute approximate surface area is 129 Å². The average molecular weight is 298 g/mol. The number of aliphatic hydroxyl groups excluding tert-OH is 1. The summed E-state index contributed by atoms with van der Waals surface area (Å²) in [5, 5.41) is 13.8. The molecule has 5 heteroatoms. The Kier molecular flexibility index (Phi) is 4.18. The summed E-state index contributed by atoms with van der Waals surface area (Å²) in [6.07, 6.45) is -0.0473. The van der Waals surface area contributed by atoms with Crippen molar-refractivity contribution in [3.05, 3.63) is 65.0 Å². The van der Waals surface area contributed by atoms with Gasteiger partial charge < -0.3 is 15.2 Å². The molecule has 2 unspecified atom stereocenters. The summed E-state index contributed by atoms with van der Waals surface area (Å²) >= 11 is 0. The van der Waals surface area contributed by atoms with Crippen molar-refractivity contribution >= 4 is 5.97 Å². The summed E-state index contributed by atoms with van der Waals surface area (Å²) in [4.78, 5) is 16.0. The summed E-state index contributed by atoms with van der Waals surface area (Å²) in [5.41, 5.74) is 3.05. The molecular formula is C17H18N2O3. The Bertz CT molecular complexity index is 673. The number of carbonyl (C=O) groups excluding carboxylic acids is 1. The van der Waals surface area contributed by atoms with E-state index in [0.29, 0.717) is 18.7 Å². The van der Waals surface area contributed by atoms with Gasteiger partial charge in [-0.1, -0.05) is 36.4 Å². The highest BCUT2D eigenvalue weighted by Crippen LogP contribution is 2.24. The van der Waals surface area contributed by atoms with Crippen LogP contribution in [0.1, 0.15) is 33.4 Å². The maximum atomic E-state index is 11.6. The van der Waals surface area contributed by atoms with E-state index in [-0.39, 0.29) is 6.04 Å². The predicted octanol–water partition coefficient (Wildman–Crippen LogP) is 1.62.